The minimum atomic E-state index is -0.810. The third-order valence-corrected chi connectivity index (χ3v) is 10.9. The zero-order valence-electron chi connectivity index (χ0n) is 29.0. The molecule has 8 heteroatoms. The highest BCUT2D eigenvalue weighted by Gasteiger charge is 2.56. The number of benzene rings is 6. The third-order valence-electron chi connectivity index (χ3n) is 10.4. The lowest BCUT2D eigenvalue weighted by atomic mass is 9.89. The molecule has 0 aliphatic heterocycles. The van der Waals surface area contributed by atoms with Gasteiger partial charge in [-0.2, -0.15) is 0 Å². The zero-order valence-corrected chi connectivity index (χ0v) is 33.7. The largest absolute Gasteiger partial charge is 1.00 e. The molecule has 4 nitrogen and oxygen atoms in total. The van der Waals surface area contributed by atoms with Crippen molar-refractivity contribution in [1.82, 2.24) is 0 Å². The number of pyridine rings is 2. The Kier molecular flexibility index (Phi) is 10.1. The molecule has 4 aliphatic carbocycles. The summed E-state index contributed by atoms with van der Waals surface area (Å²) in [5.74, 6) is 0. The average Bonchev–Trinajstić information content (AvgIpc) is 3.34. The Labute approximate surface area is 340 Å². The number of aromatic nitrogens is 2. The topological polar surface area (TPSA) is 14.2 Å². The highest BCUT2D eigenvalue weighted by molar-refractivity contribution is 6.31. The van der Waals surface area contributed by atoms with Crippen LogP contribution in [0.2, 0.25) is 10.0 Å². The summed E-state index contributed by atoms with van der Waals surface area (Å²) in [7, 11) is 4.22. The Morgan fingerprint density at radius 3 is 1.17 bits per heavy atom. The summed E-state index contributed by atoms with van der Waals surface area (Å²) < 4.78 is 4.90. The lowest BCUT2D eigenvalue weighted by Gasteiger charge is -2.28. The summed E-state index contributed by atoms with van der Waals surface area (Å²) in [6.45, 7) is 0. The smallest absolute Gasteiger partial charge is 0.415 e. The van der Waals surface area contributed by atoms with E-state index in [2.05, 4.69) is 179 Å². The molecular formula is C45H34Br2Cl2N4. The van der Waals surface area contributed by atoms with Crippen molar-refractivity contribution in [2.45, 2.75) is 5.66 Å². The fourth-order valence-corrected chi connectivity index (χ4v) is 8.07. The van der Waals surface area contributed by atoms with E-state index in [1.54, 1.807) is 0 Å². The van der Waals surface area contributed by atoms with Crippen molar-refractivity contribution in [3.05, 3.63) is 191 Å². The second-order valence-corrected chi connectivity index (χ2v) is 13.9. The summed E-state index contributed by atoms with van der Waals surface area (Å²) in [5.41, 5.74) is 10.4. The first kappa shape index (κ1) is 36.6. The summed E-state index contributed by atoms with van der Waals surface area (Å²) in [5, 5.41) is 3.70. The van der Waals surface area contributed by atoms with E-state index in [-0.39, 0.29) is 34.0 Å². The summed E-state index contributed by atoms with van der Waals surface area (Å²) in [6.07, 6.45) is 4.50. The van der Waals surface area contributed by atoms with E-state index in [1.165, 1.54) is 11.1 Å². The van der Waals surface area contributed by atoms with E-state index >= 15 is 0 Å². The van der Waals surface area contributed by atoms with Gasteiger partial charge in [-0.15, -0.1) is 9.13 Å². The van der Waals surface area contributed by atoms with Crippen molar-refractivity contribution in [2.24, 2.45) is 0 Å². The minimum Gasteiger partial charge on any atom is -1.00 e. The zero-order chi connectivity index (χ0) is 34.7. The number of nitrogens with zero attached hydrogens (tertiary/aromatic N) is 4. The van der Waals surface area contributed by atoms with Crippen LogP contribution in [0.3, 0.4) is 0 Å². The van der Waals surface area contributed by atoms with Crippen molar-refractivity contribution >= 4 is 67.8 Å². The van der Waals surface area contributed by atoms with Gasteiger partial charge < -0.3 is 43.8 Å². The standard InChI is InChI=1S/C45H34Cl2N4.2BrH/c1-48(37-23-19-35(46)20-24-37)41-27-29-50(43-9-5-3-7-39(41)43)45(33-15-11-31(12-16-33)32-13-17-34(45)18-14-32)51-30-28-42(40-8-4-6-10-44(40)51)49(2)38-25-21-36(47)22-26-38;;/h3-30H,1-2H3;2*1H/q+2;;/p-2. The molecule has 0 atom stereocenters. The van der Waals surface area contributed by atoms with Gasteiger partial charge in [0.2, 0.25) is 11.0 Å². The van der Waals surface area contributed by atoms with Crippen molar-refractivity contribution in [2.75, 3.05) is 23.9 Å². The molecule has 0 fully saturated rings. The molecule has 2 heterocycles. The third kappa shape index (κ3) is 5.98. The van der Waals surface area contributed by atoms with E-state index in [0.29, 0.717) is 0 Å². The molecule has 0 spiro atoms. The number of halogens is 4. The van der Waals surface area contributed by atoms with Crippen LogP contribution in [0.5, 0.6) is 0 Å². The Morgan fingerprint density at radius 1 is 0.434 bits per heavy atom. The number of para-hydroxylation sites is 2. The van der Waals surface area contributed by atoms with Gasteiger partial charge in [-0.3, -0.25) is 0 Å². The van der Waals surface area contributed by atoms with E-state index in [9.17, 15) is 0 Å². The van der Waals surface area contributed by atoms with Crippen molar-refractivity contribution < 1.29 is 43.1 Å². The predicted octanol–water partition coefficient (Wildman–Crippen LogP) is 4.70. The number of fused-ring (bicyclic) bond motifs is 2. The van der Waals surface area contributed by atoms with Crippen LogP contribution >= 0.6 is 23.2 Å². The number of hydrogen-bond acceptors (Lipinski definition) is 2. The molecule has 6 aromatic carbocycles. The van der Waals surface area contributed by atoms with Crippen LogP contribution in [0, 0.1) is 0 Å². The maximum atomic E-state index is 6.28. The molecular weight excluding hydrogens is 827 g/mol. The highest BCUT2D eigenvalue weighted by Crippen LogP contribution is 2.39. The number of hydrogen-bond donors (Lipinski definition) is 0. The summed E-state index contributed by atoms with van der Waals surface area (Å²) >= 11 is 12.6. The molecule has 0 amide bonds. The fraction of sp³-hybridized carbons (Fsp3) is 0.0667. The predicted molar refractivity (Wildman–Crippen MR) is 211 cm³/mol. The first-order valence-corrected chi connectivity index (χ1v) is 17.8. The Morgan fingerprint density at radius 2 is 0.792 bits per heavy atom. The highest BCUT2D eigenvalue weighted by atomic mass is 79.9. The van der Waals surface area contributed by atoms with Crippen LogP contribution in [0.15, 0.2) is 170 Å². The molecule has 0 saturated heterocycles. The second-order valence-electron chi connectivity index (χ2n) is 13.1. The van der Waals surface area contributed by atoms with Crippen LogP contribution < -0.4 is 52.9 Å². The molecule has 262 valence electrons. The van der Waals surface area contributed by atoms with E-state index in [0.717, 1.165) is 65.7 Å². The first-order valence-electron chi connectivity index (χ1n) is 17.0. The van der Waals surface area contributed by atoms with E-state index in [1.807, 2.05) is 24.3 Å². The lowest BCUT2D eigenvalue weighted by molar-refractivity contribution is -0.950. The van der Waals surface area contributed by atoms with Gasteiger partial charge in [0.15, 0.2) is 12.4 Å². The maximum Gasteiger partial charge on any atom is 0.415 e. The normalized spacial score (nSPS) is 12.4. The minimum absolute atomic E-state index is 0. The molecule has 0 unspecified atom stereocenters. The Bertz CT molecular complexity index is 2390. The average molecular weight is 862 g/mol. The van der Waals surface area contributed by atoms with Gasteiger partial charge in [0.1, 0.15) is 11.1 Å². The molecule has 8 aromatic rings. The Balaban J connectivity index is 0.00000218. The van der Waals surface area contributed by atoms with Gasteiger partial charge in [0.05, 0.1) is 22.1 Å². The molecule has 0 radical (unpaired) electrons. The lowest BCUT2D eigenvalue weighted by Crippen LogP contribution is -3.00. The van der Waals surface area contributed by atoms with E-state index < -0.39 is 5.66 Å². The van der Waals surface area contributed by atoms with Crippen LogP contribution in [0.1, 0.15) is 11.1 Å². The molecule has 0 saturated carbocycles. The monoisotopic (exact) mass is 858 g/mol. The van der Waals surface area contributed by atoms with E-state index in [4.69, 9.17) is 23.2 Å². The van der Waals surface area contributed by atoms with Gasteiger partial charge >= 0.3 is 5.66 Å². The molecule has 4 bridgehead atoms. The Hall–Kier alpha value is -4.72. The van der Waals surface area contributed by atoms with Gasteiger partial charge in [0.25, 0.3) is 0 Å². The molecule has 4 aliphatic rings. The second kappa shape index (κ2) is 14.6. The van der Waals surface area contributed by atoms with Gasteiger partial charge in [-0.25, -0.2) is 0 Å². The quantitative estimate of drug-likeness (QED) is 0.226. The van der Waals surface area contributed by atoms with Gasteiger partial charge in [0, 0.05) is 59.8 Å². The van der Waals surface area contributed by atoms with Crippen molar-refractivity contribution in [1.29, 1.82) is 0 Å². The van der Waals surface area contributed by atoms with Crippen LogP contribution in [0.25, 0.3) is 32.9 Å². The first-order chi connectivity index (χ1) is 24.9. The molecule has 12 rings (SSSR count). The SMILES string of the molecule is CN(c1ccc(Cl)cc1)c1cc[n+](C2([n+]3ccc(N(C)c4ccc(Cl)cc4)c4ccccc43)c3ccc(cc3)-c3ccc2cc3)c2ccccc12.[Br-].[Br-]. The van der Waals surface area contributed by atoms with Crippen LogP contribution in [-0.2, 0) is 5.66 Å². The number of rotatable bonds is 6. The van der Waals surface area contributed by atoms with Gasteiger partial charge in [-0.05, 0) is 96.1 Å². The summed E-state index contributed by atoms with van der Waals surface area (Å²) in [6, 6.07) is 56.0. The van der Waals surface area contributed by atoms with Crippen LogP contribution in [-0.4, -0.2) is 14.1 Å². The molecule has 53 heavy (non-hydrogen) atoms. The van der Waals surface area contributed by atoms with Crippen molar-refractivity contribution in [3.8, 4) is 11.1 Å². The summed E-state index contributed by atoms with van der Waals surface area (Å²) in [4.78, 5) is 4.46. The molecule has 0 N–H and O–H groups in total. The maximum absolute atomic E-state index is 6.28. The van der Waals surface area contributed by atoms with Gasteiger partial charge in [-0.1, -0.05) is 71.7 Å². The number of anilines is 4. The fourth-order valence-electron chi connectivity index (χ4n) is 7.82. The van der Waals surface area contributed by atoms with Crippen molar-refractivity contribution in [3.63, 3.8) is 0 Å². The van der Waals surface area contributed by atoms with Crippen LogP contribution in [0.4, 0.5) is 22.7 Å². The molecule has 2 aromatic heterocycles.